The van der Waals surface area contributed by atoms with Crippen LogP contribution in [0.15, 0.2) is 36.5 Å². The lowest BCUT2D eigenvalue weighted by atomic mass is 10.2. The highest BCUT2D eigenvalue weighted by Crippen LogP contribution is 2.15. The highest BCUT2D eigenvalue weighted by Gasteiger charge is 2.11. The van der Waals surface area contributed by atoms with Crippen molar-refractivity contribution in [1.82, 2.24) is 10.2 Å². The average molecular weight is 247 g/mol. The predicted molar refractivity (Wildman–Crippen MR) is 66.7 cm³/mol. The first-order valence-corrected chi connectivity index (χ1v) is 5.67. The van der Waals surface area contributed by atoms with Crippen molar-refractivity contribution < 1.29 is 9.18 Å². The fraction of sp³-hybridized carbons (Fsp3) is 0.231. The van der Waals surface area contributed by atoms with Crippen LogP contribution < -0.4 is 4.90 Å². The Bertz CT molecular complexity index is 525. The number of amides is 1. The number of H-pyrrole nitrogens is 1. The Morgan fingerprint density at radius 2 is 2.28 bits per heavy atom. The van der Waals surface area contributed by atoms with Crippen molar-refractivity contribution in [3.63, 3.8) is 0 Å². The maximum absolute atomic E-state index is 13.0. The molecule has 1 aromatic carbocycles. The van der Waals surface area contributed by atoms with Crippen molar-refractivity contribution >= 4 is 11.6 Å². The number of rotatable bonds is 4. The van der Waals surface area contributed by atoms with Gasteiger partial charge in [0.15, 0.2) is 0 Å². The maximum Gasteiger partial charge on any atom is 0.227 e. The second-order valence-corrected chi connectivity index (χ2v) is 4.01. The molecule has 0 atom stereocenters. The molecule has 0 radical (unpaired) electrons. The van der Waals surface area contributed by atoms with E-state index < -0.39 is 0 Å². The molecule has 2 aromatic rings. The fourth-order valence-electron chi connectivity index (χ4n) is 1.66. The second kappa shape index (κ2) is 5.44. The number of carbonyl (C=O) groups is 1. The molecule has 18 heavy (non-hydrogen) atoms. The van der Waals surface area contributed by atoms with E-state index in [1.807, 2.05) is 6.07 Å². The van der Waals surface area contributed by atoms with Crippen molar-refractivity contribution in [2.24, 2.45) is 0 Å². The summed E-state index contributed by atoms with van der Waals surface area (Å²) in [6.07, 6.45) is 2.60. The van der Waals surface area contributed by atoms with E-state index in [9.17, 15) is 9.18 Å². The number of aromatic nitrogens is 2. The molecule has 0 unspecified atom stereocenters. The summed E-state index contributed by atoms with van der Waals surface area (Å²) in [4.78, 5) is 13.4. The van der Waals surface area contributed by atoms with Crippen LogP contribution in [0.5, 0.6) is 0 Å². The minimum atomic E-state index is -0.347. The van der Waals surface area contributed by atoms with Gasteiger partial charge in [-0.05, 0) is 30.7 Å². The summed E-state index contributed by atoms with van der Waals surface area (Å²) in [6, 6.07) is 7.82. The number of nitrogens with zero attached hydrogens (tertiary/aromatic N) is 2. The SMILES string of the molecule is CN(C(=O)CCc1ccn[nH]1)c1cccc(F)c1. The first-order valence-electron chi connectivity index (χ1n) is 5.67. The van der Waals surface area contributed by atoms with Crippen LogP contribution in [-0.2, 0) is 11.2 Å². The standard InChI is InChI=1S/C13H14FN3O/c1-17(12-4-2-3-10(14)9-12)13(18)6-5-11-7-8-15-16-11/h2-4,7-9H,5-6H2,1H3,(H,15,16). The molecule has 0 saturated carbocycles. The lowest BCUT2D eigenvalue weighted by Crippen LogP contribution is -2.26. The minimum Gasteiger partial charge on any atom is -0.315 e. The third-order valence-electron chi connectivity index (χ3n) is 2.74. The van der Waals surface area contributed by atoms with Gasteiger partial charge in [0, 0.05) is 31.0 Å². The Balaban J connectivity index is 1.96. The van der Waals surface area contributed by atoms with Gasteiger partial charge < -0.3 is 4.90 Å². The number of nitrogens with one attached hydrogen (secondary N) is 1. The summed E-state index contributed by atoms with van der Waals surface area (Å²) in [6.45, 7) is 0. The molecule has 1 amide bonds. The molecule has 5 heteroatoms. The fourth-order valence-corrected chi connectivity index (χ4v) is 1.66. The molecular weight excluding hydrogens is 233 g/mol. The predicted octanol–water partition coefficient (Wildman–Crippen LogP) is 2.14. The van der Waals surface area contributed by atoms with Crippen LogP contribution in [0.25, 0.3) is 0 Å². The van der Waals surface area contributed by atoms with Gasteiger partial charge in [-0.25, -0.2) is 4.39 Å². The molecule has 94 valence electrons. The summed E-state index contributed by atoms with van der Waals surface area (Å²) in [5.74, 6) is -0.407. The van der Waals surface area contributed by atoms with Crippen LogP contribution in [-0.4, -0.2) is 23.2 Å². The van der Waals surface area contributed by atoms with Crippen molar-refractivity contribution in [3.8, 4) is 0 Å². The van der Waals surface area contributed by atoms with Gasteiger partial charge in [-0.2, -0.15) is 5.10 Å². The van der Waals surface area contributed by atoms with E-state index in [4.69, 9.17) is 0 Å². The minimum absolute atomic E-state index is 0.0600. The Kier molecular flexibility index (Phi) is 3.72. The van der Waals surface area contributed by atoms with Gasteiger partial charge in [0.1, 0.15) is 5.82 Å². The second-order valence-electron chi connectivity index (χ2n) is 4.01. The summed E-state index contributed by atoms with van der Waals surface area (Å²) in [5, 5.41) is 6.61. The molecule has 1 heterocycles. The molecule has 4 nitrogen and oxygen atoms in total. The third-order valence-corrected chi connectivity index (χ3v) is 2.74. The number of anilines is 1. The Morgan fingerprint density at radius 3 is 2.94 bits per heavy atom. The van der Waals surface area contributed by atoms with Gasteiger partial charge in [-0.15, -0.1) is 0 Å². The van der Waals surface area contributed by atoms with Gasteiger partial charge >= 0.3 is 0 Å². The van der Waals surface area contributed by atoms with Crippen LogP contribution in [0.1, 0.15) is 12.1 Å². The zero-order valence-corrected chi connectivity index (χ0v) is 10.1. The van der Waals surface area contributed by atoms with Crippen LogP contribution in [0.2, 0.25) is 0 Å². The Hall–Kier alpha value is -2.17. The highest BCUT2D eigenvalue weighted by molar-refractivity contribution is 5.92. The van der Waals surface area contributed by atoms with E-state index in [2.05, 4.69) is 10.2 Å². The quantitative estimate of drug-likeness (QED) is 0.899. The molecule has 0 fully saturated rings. The Labute approximate surface area is 104 Å². The number of benzene rings is 1. The topological polar surface area (TPSA) is 49.0 Å². The highest BCUT2D eigenvalue weighted by atomic mass is 19.1. The molecule has 0 aliphatic rings. The monoisotopic (exact) mass is 247 g/mol. The lowest BCUT2D eigenvalue weighted by molar-refractivity contribution is -0.118. The number of aromatic amines is 1. The van der Waals surface area contributed by atoms with E-state index in [-0.39, 0.29) is 11.7 Å². The molecule has 1 aromatic heterocycles. The van der Waals surface area contributed by atoms with E-state index in [1.165, 1.54) is 17.0 Å². The largest absolute Gasteiger partial charge is 0.315 e. The molecule has 0 bridgehead atoms. The van der Waals surface area contributed by atoms with Crippen LogP contribution in [0.3, 0.4) is 0 Å². The van der Waals surface area contributed by atoms with E-state index in [0.29, 0.717) is 18.5 Å². The van der Waals surface area contributed by atoms with E-state index in [1.54, 1.807) is 25.4 Å². The van der Waals surface area contributed by atoms with Crippen molar-refractivity contribution in [3.05, 3.63) is 48.0 Å². The first-order chi connectivity index (χ1) is 8.66. The van der Waals surface area contributed by atoms with Gasteiger partial charge in [0.05, 0.1) is 0 Å². The summed E-state index contributed by atoms with van der Waals surface area (Å²) in [5.41, 5.74) is 1.47. The third kappa shape index (κ3) is 2.94. The molecule has 0 spiro atoms. The number of hydrogen-bond acceptors (Lipinski definition) is 2. The van der Waals surface area contributed by atoms with Gasteiger partial charge in [-0.1, -0.05) is 6.07 Å². The van der Waals surface area contributed by atoms with Crippen molar-refractivity contribution in [1.29, 1.82) is 0 Å². The van der Waals surface area contributed by atoms with E-state index >= 15 is 0 Å². The summed E-state index contributed by atoms with van der Waals surface area (Å²) in [7, 11) is 1.64. The number of carbonyl (C=O) groups excluding carboxylic acids is 1. The normalized spacial score (nSPS) is 10.3. The molecule has 1 N–H and O–H groups in total. The zero-order chi connectivity index (χ0) is 13.0. The summed E-state index contributed by atoms with van der Waals surface area (Å²) >= 11 is 0. The van der Waals surface area contributed by atoms with Crippen LogP contribution in [0, 0.1) is 5.82 Å². The number of hydrogen-bond donors (Lipinski definition) is 1. The first kappa shape index (κ1) is 12.3. The van der Waals surface area contributed by atoms with Gasteiger partial charge in [-0.3, -0.25) is 9.89 Å². The zero-order valence-electron chi connectivity index (χ0n) is 10.1. The van der Waals surface area contributed by atoms with E-state index in [0.717, 1.165) is 5.69 Å². The van der Waals surface area contributed by atoms with Crippen LogP contribution >= 0.6 is 0 Å². The van der Waals surface area contributed by atoms with Gasteiger partial charge in [0.25, 0.3) is 0 Å². The molecular formula is C13H14FN3O. The molecule has 0 saturated heterocycles. The number of halogens is 1. The van der Waals surface area contributed by atoms with Crippen molar-refractivity contribution in [2.45, 2.75) is 12.8 Å². The lowest BCUT2D eigenvalue weighted by Gasteiger charge is -2.17. The molecule has 2 rings (SSSR count). The van der Waals surface area contributed by atoms with Crippen molar-refractivity contribution in [2.75, 3.05) is 11.9 Å². The Morgan fingerprint density at radius 1 is 1.44 bits per heavy atom. The summed E-state index contributed by atoms with van der Waals surface area (Å²) < 4.78 is 13.0. The average Bonchev–Trinajstić information content (AvgIpc) is 2.88. The molecule has 0 aliphatic carbocycles. The maximum atomic E-state index is 13.0. The molecule has 0 aliphatic heterocycles. The smallest absolute Gasteiger partial charge is 0.227 e. The number of aryl methyl sites for hydroxylation is 1. The van der Waals surface area contributed by atoms with Gasteiger partial charge in [0.2, 0.25) is 5.91 Å². The van der Waals surface area contributed by atoms with Crippen LogP contribution in [0.4, 0.5) is 10.1 Å².